The minimum absolute atomic E-state index is 0.260. The van der Waals surface area contributed by atoms with Crippen molar-refractivity contribution in [3.8, 4) is 0 Å². The van der Waals surface area contributed by atoms with E-state index in [2.05, 4.69) is 15.1 Å². The largest absolute Gasteiger partial charge is 0.444 e. The van der Waals surface area contributed by atoms with Crippen LogP contribution in [0.15, 0.2) is 21.7 Å². The van der Waals surface area contributed by atoms with Crippen LogP contribution >= 0.6 is 0 Å². The van der Waals surface area contributed by atoms with Crippen LogP contribution in [0.2, 0.25) is 0 Å². The molecule has 6 heteroatoms. The number of aryl methyl sites for hydroxylation is 1. The van der Waals surface area contributed by atoms with Gasteiger partial charge in [0, 0.05) is 0 Å². The summed E-state index contributed by atoms with van der Waals surface area (Å²) in [6, 6.07) is 0. The van der Waals surface area contributed by atoms with Crippen LogP contribution in [0, 0.1) is 6.92 Å². The zero-order valence-corrected chi connectivity index (χ0v) is 7.02. The number of H-pyrrole nitrogens is 1. The van der Waals surface area contributed by atoms with Gasteiger partial charge in [0.05, 0.1) is 6.20 Å². The normalized spacial score (nSPS) is 10.5. The van der Waals surface area contributed by atoms with Crippen LogP contribution in [0.4, 0.5) is 0 Å². The van der Waals surface area contributed by atoms with Crippen molar-refractivity contribution in [2.75, 3.05) is 0 Å². The third-order valence-corrected chi connectivity index (χ3v) is 1.57. The van der Waals surface area contributed by atoms with Gasteiger partial charge in [0.1, 0.15) is 18.6 Å². The summed E-state index contributed by atoms with van der Waals surface area (Å²) in [5.41, 5.74) is -0.268. The molecule has 0 aromatic carbocycles. The Morgan fingerprint density at radius 2 is 2.54 bits per heavy atom. The number of aromatic nitrogens is 4. The van der Waals surface area contributed by atoms with Crippen molar-refractivity contribution in [1.29, 1.82) is 0 Å². The first-order valence-electron chi connectivity index (χ1n) is 3.77. The lowest BCUT2D eigenvalue weighted by molar-refractivity contribution is 0.442. The van der Waals surface area contributed by atoms with Crippen molar-refractivity contribution in [1.82, 2.24) is 19.7 Å². The first-order valence-corrected chi connectivity index (χ1v) is 3.77. The maximum absolute atomic E-state index is 11.0. The maximum atomic E-state index is 11.0. The molecule has 0 unspecified atom stereocenters. The van der Waals surface area contributed by atoms with E-state index in [1.807, 2.05) is 0 Å². The van der Waals surface area contributed by atoms with Gasteiger partial charge in [-0.25, -0.2) is 14.5 Å². The molecular formula is C7H8N4O2. The minimum Gasteiger partial charge on any atom is -0.444 e. The Morgan fingerprint density at radius 1 is 1.69 bits per heavy atom. The molecule has 0 saturated carbocycles. The van der Waals surface area contributed by atoms with E-state index in [1.54, 1.807) is 13.1 Å². The van der Waals surface area contributed by atoms with Gasteiger partial charge in [0.25, 0.3) is 0 Å². The Hall–Kier alpha value is -1.85. The predicted molar refractivity (Wildman–Crippen MR) is 43.2 cm³/mol. The highest BCUT2D eigenvalue weighted by Crippen LogP contribution is 2.01. The first kappa shape index (κ1) is 7.78. The molecule has 0 bridgehead atoms. The number of nitrogens with zero attached hydrogens (tertiary/aromatic N) is 3. The van der Waals surface area contributed by atoms with Gasteiger partial charge in [0.2, 0.25) is 5.89 Å². The van der Waals surface area contributed by atoms with Gasteiger partial charge in [0.15, 0.2) is 0 Å². The Balaban J connectivity index is 2.24. The van der Waals surface area contributed by atoms with Crippen LogP contribution in [-0.2, 0) is 6.54 Å². The maximum Gasteiger partial charge on any atom is 0.343 e. The van der Waals surface area contributed by atoms with Crippen LogP contribution in [0.1, 0.15) is 11.7 Å². The minimum atomic E-state index is -0.268. The molecule has 0 fully saturated rings. The highest BCUT2D eigenvalue weighted by Gasteiger charge is 2.04. The third kappa shape index (κ3) is 1.51. The second-order valence-corrected chi connectivity index (χ2v) is 2.62. The number of hydrogen-bond acceptors (Lipinski definition) is 4. The Morgan fingerprint density at radius 3 is 3.08 bits per heavy atom. The van der Waals surface area contributed by atoms with Crippen molar-refractivity contribution in [2.45, 2.75) is 13.5 Å². The van der Waals surface area contributed by atoms with Crippen LogP contribution in [0.25, 0.3) is 0 Å². The Labute approximate surface area is 73.2 Å². The molecule has 0 radical (unpaired) electrons. The van der Waals surface area contributed by atoms with Crippen molar-refractivity contribution >= 4 is 0 Å². The molecule has 0 aliphatic heterocycles. The summed E-state index contributed by atoms with van der Waals surface area (Å²) >= 11 is 0. The first-order chi connectivity index (χ1) is 6.25. The van der Waals surface area contributed by atoms with Crippen LogP contribution < -0.4 is 5.69 Å². The SMILES string of the molecule is Cc1cnc(Cn2nc[nH]c2=O)o1. The molecule has 0 aliphatic carbocycles. The lowest BCUT2D eigenvalue weighted by atomic mass is 10.6. The standard InChI is InChI=1S/C7H8N4O2/c1-5-2-8-6(13-5)3-11-7(12)9-4-10-11/h2,4H,3H2,1H3,(H,9,10,12). The molecule has 6 nitrogen and oxygen atoms in total. The van der Waals surface area contributed by atoms with Gasteiger partial charge in [-0.15, -0.1) is 0 Å². The molecule has 2 heterocycles. The summed E-state index contributed by atoms with van der Waals surface area (Å²) in [5.74, 6) is 1.20. The highest BCUT2D eigenvalue weighted by atomic mass is 16.4. The van der Waals surface area contributed by atoms with Gasteiger partial charge >= 0.3 is 5.69 Å². The van der Waals surface area contributed by atoms with Gasteiger partial charge in [-0.3, -0.25) is 4.98 Å². The number of hydrogen-bond donors (Lipinski definition) is 1. The van der Waals surface area contributed by atoms with E-state index in [0.717, 1.165) is 5.76 Å². The quantitative estimate of drug-likeness (QED) is 0.701. The van der Waals surface area contributed by atoms with Crippen molar-refractivity contribution in [3.05, 3.63) is 34.7 Å². The molecule has 1 N–H and O–H groups in total. The van der Waals surface area contributed by atoms with Crippen molar-refractivity contribution in [3.63, 3.8) is 0 Å². The fourth-order valence-corrected chi connectivity index (χ4v) is 0.996. The summed E-state index contributed by atoms with van der Waals surface area (Å²) in [4.78, 5) is 17.4. The average Bonchev–Trinajstić information content (AvgIpc) is 2.64. The summed E-state index contributed by atoms with van der Waals surface area (Å²) in [6.07, 6.45) is 2.94. The van der Waals surface area contributed by atoms with E-state index in [1.165, 1.54) is 11.0 Å². The summed E-state index contributed by atoms with van der Waals surface area (Å²) < 4.78 is 6.43. The molecule has 13 heavy (non-hydrogen) atoms. The van der Waals surface area contributed by atoms with Gasteiger partial charge in [-0.2, -0.15) is 5.10 Å². The molecule has 2 aromatic rings. The van der Waals surface area contributed by atoms with Gasteiger partial charge in [-0.1, -0.05) is 0 Å². The fourth-order valence-electron chi connectivity index (χ4n) is 0.996. The lowest BCUT2D eigenvalue weighted by Gasteiger charge is -1.92. The van der Waals surface area contributed by atoms with Crippen molar-refractivity contribution in [2.24, 2.45) is 0 Å². The van der Waals surface area contributed by atoms with E-state index < -0.39 is 0 Å². The number of nitrogens with one attached hydrogen (secondary N) is 1. The van der Waals surface area contributed by atoms with E-state index in [0.29, 0.717) is 5.89 Å². The molecule has 0 aliphatic rings. The molecule has 0 saturated heterocycles. The average molecular weight is 180 g/mol. The molecule has 2 rings (SSSR count). The molecule has 68 valence electrons. The van der Waals surface area contributed by atoms with Crippen LogP contribution in [-0.4, -0.2) is 19.7 Å². The predicted octanol–water partition coefficient (Wildman–Crippen LogP) is -0.0839. The highest BCUT2D eigenvalue weighted by molar-refractivity contribution is 4.90. The molecule has 0 amide bonds. The van der Waals surface area contributed by atoms with Crippen LogP contribution in [0.3, 0.4) is 0 Å². The van der Waals surface area contributed by atoms with Gasteiger partial charge in [-0.05, 0) is 6.92 Å². The zero-order chi connectivity index (χ0) is 9.26. The van der Waals surface area contributed by atoms with E-state index >= 15 is 0 Å². The van der Waals surface area contributed by atoms with E-state index in [4.69, 9.17) is 4.42 Å². The smallest absolute Gasteiger partial charge is 0.343 e. The monoisotopic (exact) mass is 180 g/mol. The second-order valence-electron chi connectivity index (χ2n) is 2.62. The Bertz CT molecular complexity index is 453. The van der Waals surface area contributed by atoms with Gasteiger partial charge < -0.3 is 4.42 Å². The summed E-state index contributed by atoms with van der Waals surface area (Å²) in [6.45, 7) is 2.06. The topological polar surface area (TPSA) is 76.7 Å². The number of oxazole rings is 1. The second kappa shape index (κ2) is 2.89. The molecule has 2 aromatic heterocycles. The number of rotatable bonds is 2. The molecule has 0 spiro atoms. The molecule has 0 atom stereocenters. The Kier molecular flexibility index (Phi) is 1.73. The lowest BCUT2D eigenvalue weighted by Crippen LogP contribution is -2.18. The zero-order valence-electron chi connectivity index (χ0n) is 7.02. The third-order valence-electron chi connectivity index (χ3n) is 1.57. The van der Waals surface area contributed by atoms with Crippen LogP contribution in [0.5, 0.6) is 0 Å². The van der Waals surface area contributed by atoms with E-state index in [9.17, 15) is 4.79 Å². The molecular weight excluding hydrogens is 172 g/mol. The summed E-state index contributed by atoms with van der Waals surface area (Å²) in [7, 11) is 0. The number of aromatic amines is 1. The van der Waals surface area contributed by atoms with Crippen molar-refractivity contribution < 1.29 is 4.42 Å². The van der Waals surface area contributed by atoms with E-state index in [-0.39, 0.29) is 12.2 Å². The summed E-state index contributed by atoms with van der Waals surface area (Å²) in [5, 5.41) is 3.77. The fraction of sp³-hybridized carbons (Fsp3) is 0.286.